The number of nitrogens with one attached hydrogen (secondary N) is 1. The topological polar surface area (TPSA) is 83.5 Å². The third-order valence-electron chi connectivity index (χ3n) is 3.14. The molecule has 2 N–H and O–H groups in total. The maximum Gasteiger partial charge on any atom is 0.328 e. The summed E-state index contributed by atoms with van der Waals surface area (Å²) in [5, 5.41) is 8.61. The molecule has 0 spiro atoms. The lowest BCUT2D eigenvalue weighted by Gasteiger charge is -2.07. The van der Waals surface area contributed by atoms with Gasteiger partial charge in [0.1, 0.15) is 0 Å². The van der Waals surface area contributed by atoms with Gasteiger partial charge in [0.05, 0.1) is 4.90 Å². The van der Waals surface area contributed by atoms with Gasteiger partial charge in [-0.25, -0.2) is 17.9 Å². The van der Waals surface area contributed by atoms with E-state index in [1.165, 1.54) is 18.2 Å². The van der Waals surface area contributed by atoms with E-state index in [4.69, 9.17) is 5.11 Å². The maximum absolute atomic E-state index is 12.3. The molecule has 0 radical (unpaired) electrons. The van der Waals surface area contributed by atoms with E-state index in [0.717, 1.165) is 11.6 Å². The van der Waals surface area contributed by atoms with Crippen LogP contribution < -0.4 is 4.72 Å². The van der Waals surface area contributed by atoms with Crippen molar-refractivity contribution in [3.05, 3.63) is 71.8 Å². The Morgan fingerprint density at radius 1 is 1.09 bits per heavy atom. The van der Waals surface area contributed by atoms with Crippen molar-refractivity contribution in [3.63, 3.8) is 0 Å². The molecule has 0 heterocycles. The normalized spacial score (nSPS) is 11.7. The Labute approximate surface area is 135 Å². The molecule has 2 rings (SSSR count). The molecule has 6 heteroatoms. The molecule has 0 aliphatic carbocycles. The van der Waals surface area contributed by atoms with E-state index < -0.39 is 16.0 Å². The summed E-state index contributed by atoms with van der Waals surface area (Å²) >= 11 is 0. The van der Waals surface area contributed by atoms with Gasteiger partial charge in [-0.3, -0.25) is 0 Å². The highest BCUT2D eigenvalue weighted by Crippen LogP contribution is 2.13. The maximum atomic E-state index is 12.3. The van der Waals surface area contributed by atoms with E-state index in [1.54, 1.807) is 12.1 Å². The third kappa shape index (κ3) is 5.36. The standard InChI is InChI=1S/C17H17NO4S/c19-17(20)10-9-15-7-4-8-16(13-15)23(21,22)18-12-11-14-5-2-1-3-6-14/h1-10,13,18H,11-12H2,(H,19,20)/b10-9+. The van der Waals surface area contributed by atoms with E-state index in [1.807, 2.05) is 30.3 Å². The average molecular weight is 331 g/mol. The van der Waals surface area contributed by atoms with E-state index in [-0.39, 0.29) is 4.90 Å². The Bertz CT molecular complexity index is 798. The molecule has 0 amide bonds. The fraction of sp³-hybridized carbons (Fsp3) is 0.118. The molecule has 0 aliphatic rings. The number of carbonyl (C=O) groups is 1. The summed E-state index contributed by atoms with van der Waals surface area (Å²) in [5.41, 5.74) is 1.56. The van der Waals surface area contributed by atoms with Crippen LogP contribution in [0.3, 0.4) is 0 Å². The number of carboxylic acids is 1. The lowest BCUT2D eigenvalue weighted by atomic mass is 10.2. The van der Waals surface area contributed by atoms with Crippen LogP contribution in [0.15, 0.2) is 65.6 Å². The fourth-order valence-electron chi connectivity index (χ4n) is 2.01. The summed E-state index contributed by atoms with van der Waals surface area (Å²) in [6, 6.07) is 15.7. The molecular formula is C17H17NO4S. The molecule has 120 valence electrons. The molecule has 0 aliphatic heterocycles. The van der Waals surface area contributed by atoms with Gasteiger partial charge in [0.2, 0.25) is 10.0 Å². The zero-order valence-electron chi connectivity index (χ0n) is 12.3. The Kier molecular flexibility index (Phi) is 5.67. The fourth-order valence-corrected chi connectivity index (χ4v) is 3.10. The number of benzene rings is 2. The molecule has 5 nitrogen and oxygen atoms in total. The number of hydrogen-bond donors (Lipinski definition) is 2. The predicted molar refractivity (Wildman–Crippen MR) is 88.4 cm³/mol. The monoisotopic (exact) mass is 331 g/mol. The van der Waals surface area contributed by atoms with Crippen LogP contribution in [0.2, 0.25) is 0 Å². The highest BCUT2D eigenvalue weighted by atomic mass is 32.2. The van der Waals surface area contributed by atoms with Crippen molar-refractivity contribution in [2.24, 2.45) is 0 Å². The van der Waals surface area contributed by atoms with Crippen LogP contribution in [0, 0.1) is 0 Å². The first-order chi connectivity index (χ1) is 11.0. The van der Waals surface area contributed by atoms with Crippen LogP contribution in [-0.2, 0) is 21.2 Å². The first kappa shape index (κ1) is 16.9. The second-order valence-corrected chi connectivity index (χ2v) is 6.64. The number of aliphatic carboxylic acids is 1. The highest BCUT2D eigenvalue weighted by Gasteiger charge is 2.13. The Morgan fingerprint density at radius 3 is 2.52 bits per heavy atom. The minimum absolute atomic E-state index is 0.109. The van der Waals surface area contributed by atoms with Gasteiger partial charge < -0.3 is 5.11 Å². The molecule has 0 bridgehead atoms. The van der Waals surface area contributed by atoms with Crippen molar-refractivity contribution in [2.75, 3.05) is 6.54 Å². The van der Waals surface area contributed by atoms with E-state index in [2.05, 4.69) is 4.72 Å². The SMILES string of the molecule is O=C(O)/C=C/c1cccc(S(=O)(=O)NCCc2ccccc2)c1. The molecule has 0 atom stereocenters. The van der Waals surface area contributed by atoms with Gasteiger partial charge in [-0.2, -0.15) is 0 Å². The summed E-state index contributed by atoms with van der Waals surface area (Å²) < 4.78 is 27.1. The minimum atomic E-state index is -3.62. The summed E-state index contributed by atoms with van der Waals surface area (Å²) in [7, 11) is -3.62. The van der Waals surface area contributed by atoms with Crippen LogP contribution in [0.5, 0.6) is 0 Å². The molecule has 2 aromatic carbocycles. The van der Waals surface area contributed by atoms with Crippen molar-refractivity contribution in [1.29, 1.82) is 0 Å². The number of hydrogen-bond acceptors (Lipinski definition) is 3. The number of carboxylic acid groups (broad SMARTS) is 1. The van der Waals surface area contributed by atoms with E-state index in [9.17, 15) is 13.2 Å². The lowest BCUT2D eigenvalue weighted by Crippen LogP contribution is -2.26. The molecule has 0 fully saturated rings. The van der Waals surface area contributed by atoms with Gasteiger partial charge in [0, 0.05) is 12.6 Å². The van der Waals surface area contributed by atoms with Gasteiger partial charge >= 0.3 is 5.97 Å². The molecular weight excluding hydrogens is 314 g/mol. The molecule has 0 aromatic heterocycles. The summed E-state index contributed by atoms with van der Waals surface area (Å²) in [4.78, 5) is 10.6. The van der Waals surface area contributed by atoms with Crippen LogP contribution in [0.25, 0.3) is 6.08 Å². The number of sulfonamides is 1. The van der Waals surface area contributed by atoms with Gasteiger partial charge in [-0.1, -0.05) is 42.5 Å². The number of rotatable bonds is 7. The molecule has 2 aromatic rings. The zero-order valence-corrected chi connectivity index (χ0v) is 13.2. The summed E-state index contributed by atoms with van der Waals surface area (Å²) in [6.45, 7) is 0.293. The lowest BCUT2D eigenvalue weighted by molar-refractivity contribution is -0.131. The van der Waals surface area contributed by atoms with Crippen LogP contribution in [-0.4, -0.2) is 26.0 Å². The van der Waals surface area contributed by atoms with Gasteiger partial charge in [-0.05, 0) is 35.8 Å². The van der Waals surface area contributed by atoms with Crippen molar-refractivity contribution < 1.29 is 18.3 Å². The molecule has 23 heavy (non-hydrogen) atoms. The zero-order chi connectivity index (χ0) is 16.7. The van der Waals surface area contributed by atoms with Crippen LogP contribution >= 0.6 is 0 Å². The highest BCUT2D eigenvalue weighted by molar-refractivity contribution is 7.89. The van der Waals surface area contributed by atoms with E-state index in [0.29, 0.717) is 18.5 Å². The smallest absolute Gasteiger partial charge is 0.328 e. The molecule has 0 saturated carbocycles. The average Bonchev–Trinajstić information content (AvgIpc) is 2.54. The van der Waals surface area contributed by atoms with Crippen molar-refractivity contribution >= 4 is 22.1 Å². The third-order valence-corrected chi connectivity index (χ3v) is 4.59. The van der Waals surface area contributed by atoms with Crippen molar-refractivity contribution in [3.8, 4) is 0 Å². The van der Waals surface area contributed by atoms with Crippen molar-refractivity contribution in [1.82, 2.24) is 4.72 Å². The van der Waals surface area contributed by atoms with Gasteiger partial charge in [-0.15, -0.1) is 0 Å². The summed E-state index contributed by atoms with van der Waals surface area (Å²) in [5.74, 6) is -1.08. The second-order valence-electron chi connectivity index (χ2n) is 4.88. The Hall–Kier alpha value is -2.44. The quantitative estimate of drug-likeness (QED) is 0.763. The Morgan fingerprint density at radius 2 is 1.83 bits per heavy atom. The van der Waals surface area contributed by atoms with E-state index >= 15 is 0 Å². The van der Waals surface area contributed by atoms with Gasteiger partial charge in [0.25, 0.3) is 0 Å². The second kappa shape index (κ2) is 7.71. The molecule has 0 unspecified atom stereocenters. The van der Waals surface area contributed by atoms with Crippen LogP contribution in [0.4, 0.5) is 0 Å². The minimum Gasteiger partial charge on any atom is -0.478 e. The predicted octanol–water partition coefficient (Wildman–Crippen LogP) is 2.31. The van der Waals surface area contributed by atoms with Crippen LogP contribution in [0.1, 0.15) is 11.1 Å². The van der Waals surface area contributed by atoms with Crippen molar-refractivity contribution in [2.45, 2.75) is 11.3 Å². The largest absolute Gasteiger partial charge is 0.478 e. The summed E-state index contributed by atoms with van der Waals surface area (Å²) in [6.07, 6.45) is 2.92. The molecule has 0 saturated heterocycles. The first-order valence-corrected chi connectivity index (χ1v) is 8.50. The first-order valence-electron chi connectivity index (χ1n) is 7.02. The Balaban J connectivity index is 2.04. The van der Waals surface area contributed by atoms with Gasteiger partial charge in [0.15, 0.2) is 0 Å².